The van der Waals surface area contributed by atoms with Crippen molar-refractivity contribution in [1.29, 1.82) is 0 Å². The minimum absolute atomic E-state index is 0.0857. The maximum absolute atomic E-state index is 13.7. The second-order valence-corrected chi connectivity index (χ2v) is 11.5. The highest BCUT2D eigenvalue weighted by Gasteiger charge is 2.45. The van der Waals surface area contributed by atoms with E-state index in [-0.39, 0.29) is 19.0 Å². The molecule has 0 bridgehead atoms. The Hall–Kier alpha value is -5.18. The largest absolute Gasteiger partial charge is 0.494 e. The molecule has 2 heterocycles. The van der Waals surface area contributed by atoms with Crippen molar-refractivity contribution >= 4 is 57.6 Å². The van der Waals surface area contributed by atoms with Crippen LogP contribution in [0.25, 0.3) is 10.8 Å². The lowest BCUT2D eigenvalue weighted by molar-refractivity contribution is -0.204. The van der Waals surface area contributed by atoms with E-state index in [9.17, 15) is 27.6 Å². The number of rotatable bonds is 10. The van der Waals surface area contributed by atoms with Gasteiger partial charge in [0.25, 0.3) is 0 Å². The van der Waals surface area contributed by atoms with Gasteiger partial charge in [0.1, 0.15) is 17.6 Å². The van der Waals surface area contributed by atoms with Gasteiger partial charge in [0.2, 0.25) is 11.5 Å². The number of hydrogen-bond acceptors (Lipinski definition) is 9. The summed E-state index contributed by atoms with van der Waals surface area (Å²) in [6, 6.07) is 19.6. The van der Waals surface area contributed by atoms with Crippen LogP contribution >= 0.6 is 11.8 Å². The smallest absolute Gasteiger partial charge is 0.491 e. The van der Waals surface area contributed by atoms with Gasteiger partial charge >= 0.3 is 18.2 Å². The monoisotopic (exact) mass is 668 g/mol. The lowest BCUT2D eigenvalue weighted by Crippen LogP contribution is -2.42. The molecule has 4 aromatic rings. The van der Waals surface area contributed by atoms with Crippen LogP contribution in [-0.4, -0.2) is 58.4 Å². The van der Waals surface area contributed by atoms with Crippen LogP contribution in [0.5, 0.6) is 5.75 Å². The molecular formula is C32H31F3N6O5S. The molecule has 3 amide bonds. The summed E-state index contributed by atoms with van der Waals surface area (Å²) in [5, 5.41) is 10.5. The molecule has 246 valence electrons. The second-order valence-electron chi connectivity index (χ2n) is 10.3. The van der Waals surface area contributed by atoms with Gasteiger partial charge in [0, 0.05) is 41.8 Å². The summed E-state index contributed by atoms with van der Waals surface area (Å²) in [6.45, 7) is 2.50. The topological polar surface area (TPSA) is 148 Å². The summed E-state index contributed by atoms with van der Waals surface area (Å²) in [5.74, 6) is -1.41. The van der Waals surface area contributed by atoms with Gasteiger partial charge < -0.3 is 31.2 Å². The molecule has 5 N–H and O–H groups in total. The van der Waals surface area contributed by atoms with Crippen LogP contribution in [0.4, 0.5) is 35.2 Å². The molecule has 11 nitrogen and oxygen atoms in total. The lowest BCUT2D eigenvalue weighted by atomic mass is 10.0. The number of ether oxygens (including phenoxy) is 2. The fourth-order valence-electron chi connectivity index (χ4n) is 4.85. The third-order valence-corrected chi connectivity index (χ3v) is 8.12. The van der Waals surface area contributed by atoms with Gasteiger partial charge in [-0.25, -0.2) is 14.6 Å². The van der Waals surface area contributed by atoms with Gasteiger partial charge in [-0.15, -0.1) is 0 Å². The normalized spacial score (nSPS) is 15.1. The molecule has 5 rings (SSSR count). The van der Waals surface area contributed by atoms with Crippen molar-refractivity contribution in [3.8, 4) is 5.75 Å². The Morgan fingerprint density at radius 3 is 2.66 bits per heavy atom. The zero-order chi connectivity index (χ0) is 33.6. The maximum Gasteiger partial charge on any atom is 0.491 e. The number of anilines is 3. The standard InChI is InChI=1S/C32H31F3N6O5S/c1-2-45-24-8-4-6-21(17-24)26(39-23-9-10-25-20(16-23)11-12-37-27(25)36)28(42)38-18-19-5-3-7-22(15-19)40-30(44)41-13-14-47-31(41)46-29(43)32(33,34)35/h3-12,15-17,26,31,39H,2,13-14,18H2,1H3,(H2,36,37)(H,38,42)(H,40,44). The van der Waals surface area contributed by atoms with Crippen LogP contribution in [0.15, 0.2) is 79.0 Å². The molecule has 1 aromatic heterocycles. The number of hydrogen-bond donors (Lipinski definition) is 4. The molecule has 1 aliphatic rings. The number of pyridine rings is 1. The van der Waals surface area contributed by atoms with E-state index in [1.165, 1.54) is 0 Å². The van der Waals surface area contributed by atoms with Gasteiger partial charge in [-0.05, 0) is 72.0 Å². The Balaban J connectivity index is 1.28. The Morgan fingerprint density at radius 2 is 1.87 bits per heavy atom. The number of nitrogen functional groups attached to an aromatic ring is 1. The Labute approximate surface area is 272 Å². The predicted octanol–water partition coefficient (Wildman–Crippen LogP) is 5.66. The number of benzene rings is 3. The molecule has 15 heteroatoms. The molecule has 2 atom stereocenters. The van der Waals surface area contributed by atoms with Crippen LogP contribution in [-0.2, 0) is 20.9 Å². The van der Waals surface area contributed by atoms with Crippen LogP contribution in [0.3, 0.4) is 0 Å². The molecule has 3 aromatic carbocycles. The number of amides is 3. The van der Waals surface area contributed by atoms with Gasteiger partial charge in [-0.2, -0.15) is 13.2 Å². The van der Waals surface area contributed by atoms with Crippen molar-refractivity contribution in [1.82, 2.24) is 15.2 Å². The second kappa shape index (κ2) is 14.5. The molecule has 0 aliphatic carbocycles. The van der Waals surface area contributed by atoms with E-state index in [1.807, 2.05) is 37.3 Å². The molecule has 1 aliphatic heterocycles. The molecule has 1 fully saturated rings. The first-order valence-corrected chi connectivity index (χ1v) is 15.5. The van der Waals surface area contributed by atoms with Gasteiger partial charge in [-0.1, -0.05) is 36.0 Å². The van der Waals surface area contributed by atoms with E-state index in [0.717, 1.165) is 27.4 Å². The summed E-state index contributed by atoms with van der Waals surface area (Å²) in [4.78, 5) is 43.0. The fourth-order valence-corrected chi connectivity index (χ4v) is 5.89. The lowest BCUT2D eigenvalue weighted by Gasteiger charge is -2.24. The number of carbonyl (C=O) groups is 3. The van der Waals surface area contributed by atoms with E-state index in [4.69, 9.17) is 10.5 Å². The highest BCUT2D eigenvalue weighted by atomic mass is 32.2. The number of nitrogens with one attached hydrogen (secondary N) is 3. The number of esters is 1. The van der Waals surface area contributed by atoms with Crippen molar-refractivity contribution in [2.45, 2.75) is 31.2 Å². The number of thioether (sulfide) groups is 1. The molecule has 47 heavy (non-hydrogen) atoms. The molecule has 2 unspecified atom stereocenters. The Bertz CT molecular complexity index is 1780. The first kappa shape index (κ1) is 33.2. The van der Waals surface area contributed by atoms with Crippen LogP contribution in [0.1, 0.15) is 24.1 Å². The molecule has 0 spiro atoms. The number of aromatic nitrogens is 1. The molecule has 0 saturated carbocycles. The van der Waals surface area contributed by atoms with E-state index in [1.54, 1.807) is 48.7 Å². The third-order valence-electron chi connectivity index (χ3n) is 7.06. The minimum Gasteiger partial charge on any atom is -0.494 e. The van der Waals surface area contributed by atoms with Gasteiger partial charge in [-0.3, -0.25) is 9.69 Å². The zero-order valence-corrected chi connectivity index (χ0v) is 25.9. The number of halogens is 3. The average molecular weight is 669 g/mol. The number of carbonyl (C=O) groups excluding carboxylic acids is 3. The first-order chi connectivity index (χ1) is 22.5. The number of urea groups is 1. The number of alkyl halides is 3. The molecule has 0 radical (unpaired) electrons. The summed E-state index contributed by atoms with van der Waals surface area (Å²) < 4.78 is 48.2. The minimum atomic E-state index is -5.17. The SMILES string of the molecule is CCOc1cccc(C(Nc2ccc3c(N)nccc3c2)C(=O)NCc2cccc(NC(=O)N3CCSC3OC(=O)C(F)(F)F)c2)c1. The van der Waals surface area contributed by atoms with Gasteiger partial charge in [0.05, 0.1) is 6.61 Å². The van der Waals surface area contributed by atoms with Crippen LogP contribution in [0.2, 0.25) is 0 Å². The predicted molar refractivity (Wildman–Crippen MR) is 173 cm³/mol. The Kier molecular flexibility index (Phi) is 10.2. The maximum atomic E-state index is 13.7. The van der Waals surface area contributed by atoms with E-state index < -0.39 is 29.8 Å². The summed E-state index contributed by atoms with van der Waals surface area (Å²) in [6.07, 6.45) is -3.56. The van der Waals surface area contributed by atoms with Crippen molar-refractivity contribution in [2.24, 2.45) is 0 Å². The summed E-state index contributed by atoms with van der Waals surface area (Å²) in [7, 11) is 0. The van der Waals surface area contributed by atoms with Crippen LogP contribution < -0.4 is 26.4 Å². The summed E-state index contributed by atoms with van der Waals surface area (Å²) >= 11 is 0.906. The highest BCUT2D eigenvalue weighted by Crippen LogP contribution is 2.30. The zero-order valence-electron chi connectivity index (χ0n) is 25.0. The average Bonchev–Trinajstić information content (AvgIpc) is 3.51. The van der Waals surface area contributed by atoms with Crippen LogP contribution in [0, 0.1) is 0 Å². The third kappa shape index (κ3) is 8.35. The van der Waals surface area contributed by atoms with Crippen molar-refractivity contribution < 1.29 is 37.0 Å². The first-order valence-electron chi connectivity index (χ1n) is 14.5. The van der Waals surface area contributed by atoms with Crippen molar-refractivity contribution in [3.63, 3.8) is 0 Å². The van der Waals surface area contributed by atoms with E-state index in [2.05, 4.69) is 25.7 Å². The number of nitrogens with two attached hydrogens (primary N) is 1. The van der Waals surface area contributed by atoms with Crippen molar-refractivity contribution in [3.05, 3.63) is 90.1 Å². The quantitative estimate of drug-likeness (QED) is 0.157. The van der Waals surface area contributed by atoms with Crippen molar-refractivity contribution in [2.75, 3.05) is 35.3 Å². The molecule has 1 saturated heterocycles. The molecular weight excluding hydrogens is 637 g/mol. The highest BCUT2D eigenvalue weighted by molar-refractivity contribution is 8.00. The van der Waals surface area contributed by atoms with Gasteiger partial charge in [0.15, 0.2) is 0 Å². The number of nitrogens with zero attached hydrogens (tertiary/aromatic N) is 2. The summed E-state index contributed by atoms with van der Waals surface area (Å²) in [5.41, 5.74) is 6.91. The number of fused-ring (bicyclic) bond motifs is 1. The Morgan fingerprint density at radius 1 is 1.06 bits per heavy atom. The fraction of sp³-hybridized carbons (Fsp3) is 0.250. The van der Waals surface area contributed by atoms with E-state index >= 15 is 0 Å². The van der Waals surface area contributed by atoms with E-state index in [0.29, 0.717) is 46.4 Å².